The summed E-state index contributed by atoms with van der Waals surface area (Å²) in [6.07, 6.45) is 6.33. The van der Waals surface area contributed by atoms with E-state index in [0.29, 0.717) is 13.0 Å². The number of hydrogen-bond acceptors (Lipinski definition) is 3. The lowest BCUT2D eigenvalue weighted by Gasteiger charge is -2.38. The first-order valence-electron chi connectivity index (χ1n) is 7.40. The summed E-state index contributed by atoms with van der Waals surface area (Å²) in [5, 5.41) is 3.02. The van der Waals surface area contributed by atoms with E-state index in [-0.39, 0.29) is 11.3 Å². The van der Waals surface area contributed by atoms with Gasteiger partial charge in [-0.15, -0.1) is 0 Å². The van der Waals surface area contributed by atoms with Crippen LogP contribution in [-0.4, -0.2) is 19.6 Å². The number of nitrogens with two attached hydrogens (primary N) is 1. The lowest BCUT2D eigenvalue weighted by atomic mass is 9.68. The van der Waals surface area contributed by atoms with Gasteiger partial charge in [-0.2, -0.15) is 0 Å². The van der Waals surface area contributed by atoms with Crippen molar-refractivity contribution >= 4 is 11.6 Å². The van der Waals surface area contributed by atoms with Crippen LogP contribution in [0.2, 0.25) is 0 Å². The molecule has 0 unspecified atom stereocenters. The molecule has 0 radical (unpaired) electrons. The van der Waals surface area contributed by atoms with Crippen LogP contribution in [0, 0.1) is 0 Å². The summed E-state index contributed by atoms with van der Waals surface area (Å²) >= 11 is 0. The van der Waals surface area contributed by atoms with Crippen molar-refractivity contribution in [2.45, 2.75) is 43.9 Å². The number of rotatable bonds is 3. The van der Waals surface area contributed by atoms with E-state index in [9.17, 15) is 4.79 Å². The van der Waals surface area contributed by atoms with Gasteiger partial charge in [-0.3, -0.25) is 4.79 Å². The Morgan fingerprint density at radius 3 is 2.70 bits per heavy atom. The van der Waals surface area contributed by atoms with E-state index in [1.165, 1.54) is 24.8 Å². The molecule has 3 rings (SSSR count). The summed E-state index contributed by atoms with van der Waals surface area (Å²) in [5.74, 6) is 0.895. The molecule has 3 N–H and O–H groups in total. The minimum Gasteiger partial charge on any atom is -0.497 e. The van der Waals surface area contributed by atoms with Gasteiger partial charge < -0.3 is 15.8 Å². The predicted molar refractivity (Wildman–Crippen MR) is 79.1 cm³/mol. The number of fused-ring (bicyclic) bond motifs is 1. The van der Waals surface area contributed by atoms with Crippen molar-refractivity contribution in [3.63, 3.8) is 0 Å². The molecular formula is C16H22N2O2. The molecule has 1 aromatic carbocycles. The van der Waals surface area contributed by atoms with Crippen molar-refractivity contribution in [1.29, 1.82) is 0 Å². The topological polar surface area (TPSA) is 64.3 Å². The van der Waals surface area contributed by atoms with E-state index in [4.69, 9.17) is 10.5 Å². The van der Waals surface area contributed by atoms with Gasteiger partial charge in [-0.05, 0) is 36.1 Å². The zero-order valence-electron chi connectivity index (χ0n) is 12.0. The summed E-state index contributed by atoms with van der Waals surface area (Å²) in [6.45, 7) is 0.627. The number of amides is 1. The van der Waals surface area contributed by atoms with E-state index in [0.717, 1.165) is 29.8 Å². The third kappa shape index (κ3) is 2.08. The van der Waals surface area contributed by atoms with Crippen LogP contribution in [0.15, 0.2) is 12.1 Å². The molecule has 1 aliphatic heterocycles. The summed E-state index contributed by atoms with van der Waals surface area (Å²) < 4.78 is 5.42. The average Bonchev–Trinajstić information content (AvgIpc) is 2.86. The fourth-order valence-electron chi connectivity index (χ4n) is 3.66. The zero-order chi connectivity index (χ0) is 14.2. The van der Waals surface area contributed by atoms with Crippen LogP contribution in [0.5, 0.6) is 5.75 Å². The molecule has 0 spiro atoms. The minimum absolute atomic E-state index is 0.00546. The Labute approximate surface area is 119 Å². The Balaban J connectivity index is 2.12. The smallest absolute Gasteiger partial charge is 0.228 e. The second-order valence-corrected chi connectivity index (χ2v) is 5.98. The third-order valence-electron chi connectivity index (χ3n) is 4.82. The van der Waals surface area contributed by atoms with Gasteiger partial charge in [-0.1, -0.05) is 19.3 Å². The average molecular weight is 274 g/mol. The van der Waals surface area contributed by atoms with E-state index in [1.54, 1.807) is 7.11 Å². The molecule has 4 heteroatoms. The second kappa shape index (κ2) is 5.09. The van der Waals surface area contributed by atoms with E-state index >= 15 is 0 Å². The number of anilines is 1. The highest BCUT2D eigenvalue weighted by molar-refractivity contribution is 6.00. The van der Waals surface area contributed by atoms with E-state index < -0.39 is 0 Å². The fourth-order valence-corrected chi connectivity index (χ4v) is 3.66. The van der Waals surface area contributed by atoms with Crippen molar-refractivity contribution in [3.8, 4) is 5.75 Å². The molecular weight excluding hydrogens is 252 g/mol. The zero-order valence-corrected chi connectivity index (χ0v) is 12.0. The molecule has 2 aliphatic rings. The van der Waals surface area contributed by atoms with Crippen LogP contribution in [-0.2, 0) is 16.6 Å². The number of benzene rings is 1. The van der Waals surface area contributed by atoms with Gasteiger partial charge in [0.15, 0.2) is 0 Å². The Hall–Kier alpha value is -1.55. The molecule has 1 amide bonds. The highest BCUT2D eigenvalue weighted by Crippen LogP contribution is 2.45. The van der Waals surface area contributed by atoms with Crippen molar-refractivity contribution < 1.29 is 9.53 Å². The maximum absolute atomic E-state index is 11.7. The molecule has 0 saturated heterocycles. The number of carbonyl (C=O) groups excluding carboxylic acids is 1. The van der Waals surface area contributed by atoms with Gasteiger partial charge in [0.1, 0.15) is 5.75 Å². The van der Waals surface area contributed by atoms with Gasteiger partial charge in [0, 0.05) is 17.6 Å². The molecule has 1 aliphatic carbocycles. The van der Waals surface area contributed by atoms with E-state index in [2.05, 4.69) is 11.4 Å². The van der Waals surface area contributed by atoms with Gasteiger partial charge in [0.25, 0.3) is 0 Å². The Kier molecular flexibility index (Phi) is 3.42. The molecule has 0 atom stereocenters. The van der Waals surface area contributed by atoms with Crippen molar-refractivity contribution in [1.82, 2.24) is 0 Å². The van der Waals surface area contributed by atoms with Crippen LogP contribution in [0.1, 0.15) is 43.2 Å². The van der Waals surface area contributed by atoms with Crippen molar-refractivity contribution in [2.24, 2.45) is 5.73 Å². The maximum Gasteiger partial charge on any atom is 0.228 e. The monoisotopic (exact) mass is 274 g/mol. The van der Waals surface area contributed by atoms with Crippen LogP contribution in [0.25, 0.3) is 0 Å². The number of carbonyl (C=O) groups is 1. The van der Waals surface area contributed by atoms with Gasteiger partial charge in [0.05, 0.1) is 13.5 Å². The standard InChI is InChI=1S/C16H22N2O2/c1-20-12-7-11-8-14(19)18-15(11)13(9-12)16(10-17)5-3-2-4-6-16/h7,9H,2-6,8,10,17H2,1H3,(H,18,19). The molecule has 1 heterocycles. The lowest BCUT2D eigenvalue weighted by molar-refractivity contribution is -0.115. The molecule has 0 aromatic heterocycles. The number of ether oxygens (including phenoxy) is 1. The predicted octanol–water partition coefficient (Wildman–Crippen LogP) is 2.35. The van der Waals surface area contributed by atoms with Crippen LogP contribution in [0.3, 0.4) is 0 Å². The number of methoxy groups -OCH3 is 1. The molecule has 4 nitrogen and oxygen atoms in total. The first-order chi connectivity index (χ1) is 9.68. The Morgan fingerprint density at radius 2 is 2.05 bits per heavy atom. The van der Waals surface area contributed by atoms with Crippen LogP contribution < -0.4 is 15.8 Å². The Morgan fingerprint density at radius 1 is 1.30 bits per heavy atom. The number of nitrogens with one attached hydrogen (secondary N) is 1. The van der Waals surface area contributed by atoms with Crippen molar-refractivity contribution in [3.05, 3.63) is 23.3 Å². The van der Waals surface area contributed by atoms with E-state index in [1.807, 2.05) is 6.07 Å². The number of hydrogen-bond donors (Lipinski definition) is 2. The molecule has 1 aromatic rings. The highest BCUT2D eigenvalue weighted by Gasteiger charge is 2.37. The fraction of sp³-hybridized carbons (Fsp3) is 0.562. The van der Waals surface area contributed by atoms with Gasteiger partial charge >= 0.3 is 0 Å². The molecule has 108 valence electrons. The molecule has 1 fully saturated rings. The second-order valence-electron chi connectivity index (χ2n) is 5.98. The van der Waals surface area contributed by atoms with Crippen LogP contribution >= 0.6 is 0 Å². The summed E-state index contributed by atoms with van der Waals surface area (Å²) in [4.78, 5) is 11.7. The van der Waals surface area contributed by atoms with Gasteiger partial charge in [-0.25, -0.2) is 0 Å². The first-order valence-corrected chi connectivity index (χ1v) is 7.40. The first kappa shape index (κ1) is 13.4. The van der Waals surface area contributed by atoms with Crippen molar-refractivity contribution in [2.75, 3.05) is 19.0 Å². The van der Waals surface area contributed by atoms with Gasteiger partial charge in [0.2, 0.25) is 5.91 Å². The third-order valence-corrected chi connectivity index (χ3v) is 4.82. The quantitative estimate of drug-likeness (QED) is 0.889. The molecule has 0 bridgehead atoms. The normalized spacial score (nSPS) is 20.4. The molecule has 20 heavy (non-hydrogen) atoms. The highest BCUT2D eigenvalue weighted by atomic mass is 16.5. The SMILES string of the molecule is COc1cc2c(c(C3(CN)CCCCC3)c1)NC(=O)C2. The lowest BCUT2D eigenvalue weighted by Crippen LogP contribution is -2.37. The maximum atomic E-state index is 11.7. The summed E-state index contributed by atoms with van der Waals surface area (Å²) in [6, 6.07) is 4.03. The summed E-state index contributed by atoms with van der Waals surface area (Å²) in [7, 11) is 1.67. The van der Waals surface area contributed by atoms with Crippen LogP contribution in [0.4, 0.5) is 5.69 Å². The summed E-state index contributed by atoms with van der Waals surface area (Å²) in [5.41, 5.74) is 9.35. The Bertz CT molecular complexity index is 534. The largest absolute Gasteiger partial charge is 0.497 e. The minimum atomic E-state index is -0.00546. The molecule has 1 saturated carbocycles.